The largest absolute Gasteiger partial charge is 0.332 e. The van der Waals surface area contributed by atoms with E-state index in [0.717, 1.165) is 37.7 Å². The van der Waals surface area contributed by atoms with Crippen LogP contribution in [0.2, 0.25) is 0 Å². The summed E-state index contributed by atoms with van der Waals surface area (Å²) in [4.78, 5) is 21.1. The maximum absolute atomic E-state index is 12.1. The number of carbonyl (C=O) groups excluding carboxylic acids is 1. The number of urea groups is 1. The van der Waals surface area contributed by atoms with Crippen LogP contribution >= 0.6 is 0 Å². The van der Waals surface area contributed by atoms with E-state index in [2.05, 4.69) is 60.0 Å². The van der Waals surface area contributed by atoms with Gasteiger partial charge in [0.15, 0.2) is 5.82 Å². The number of aromatic amines is 1. The van der Waals surface area contributed by atoms with Crippen LogP contribution in [-0.2, 0) is 12.0 Å². The number of H-pyrrole nitrogens is 1. The van der Waals surface area contributed by atoms with Gasteiger partial charge in [-0.3, -0.25) is 10.00 Å². The summed E-state index contributed by atoms with van der Waals surface area (Å²) in [7, 11) is 0. The molecular weight excluding hydrogens is 292 g/mol. The molecule has 2 aliphatic heterocycles. The number of likely N-dealkylation sites (tertiary alicyclic amines) is 1. The first-order valence-corrected chi connectivity index (χ1v) is 8.48. The molecular formula is C16H28N6O. The quantitative estimate of drug-likeness (QED) is 0.884. The van der Waals surface area contributed by atoms with Crippen LogP contribution in [0.5, 0.6) is 0 Å². The number of nitrogens with one attached hydrogen (secondary N) is 2. The number of fused-ring (bicyclic) bond motifs is 1. The van der Waals surface area contributed by atoms with Gasteiger partial charge in [-0.15, -0.1) is 0 Å². The lowest BCUT2D eigenvalue weighted by Crippen LogP contribution is -2.51. The number of carbonyl (C=O) groups is 1. The fourth-order valence-electron chi connectivity index (χ4n) is 3.54. The Labute approximate surface area is 137 Å². The van der Waals surface area contributed by atoms with Crippen LogP contribution in [0.4, 0.5) is 4.79 Å². The summed E-state index contributed by atoms with van der Waals surface area (Å²) in [5.74, 6) is 1.75. The normalized spacial score (nSPS) is 25.8. The number of hydrogen-bond acceptors (Lipinski definition) is 4. The highest BCUT2D eigenvalue weighted by molar-refractivity contribution is 5.78. The number of hydrogen-bond donors (Lipinski definition) is 2. The molecule has 2 N–H and O–H groups in total. The maximum Gasteiger partial charge on any atom is 0.318 e. The summed E-state index contributed by atoms with van der Waals surface area (Å²) in [5.41, 5.74) is -0.0427. The zero-order chi connectivity index (χ0) is 16.8. The average Bonchev–Trinajstić information content (AvgIpc) is 3.01. The van der Waals surface area contributed by atoms with E-state index in [1.807, 2.05) is 4.90 Å². The smallest absolute Gasteiger partial charge is 0.318 e. The van der Waals surface area contributed by atoms with Gasteiger partial charge in [0.05, 0.1) is 18.6 Å². The fourth-order valence-corrected chi connectivity index (χ4v) is 3.54. The molecule has 3 rings (SSSR count). The summed E-state index contributed by atoms with van der Waals surface area (Å²) in [5, 5.41) is 10.5. The van der Waals surface area contributed by atoms with E-state index < -0.39 is 0 Å². The van der Waals surface area contributed by atoms with Crippen LogP contribution in [0.3, 0.4) is 0 Å². The summed E-state index contributed by atoms with van der Waals surface area (Å²) in [6.07, 6.45) is 1.00. The van der Waals surface area contributed by atoms with Gasteiger partial charge in [-0.05, 0) is 20.3 Å². The van der Waals surface area contributed by atoms with Gasteiger partial charge in [-0.1, -0.05) is 20.8 Å². The third kappa shape index (κ3) is 3.20. The molecule has 0 aliphatic carbocycles. The predicted molar refractivity (Wildman–Crippen MR) is 88.1 cm³/mol. The number of amides is 2. The first-order chi connectivity index (χ1) is 10.8. The Kier molecular flexibility index (Phi) is 4.08. The van der Waals surface area contributed by atoms with E-state index in [1.54, 1.807) is 0 Å². The maximum atomic E-state index is 12.1. The molecule has 3 heterocycles. The van der Waals surface area contributed by atoms with E-state index in [1.165, 1.54) is 0 Å². The lowest BCUT2D eigenvalue weighted by Gasteiger charge is -2.37. The van der Waals surface area contributed by atoms with Crippen molar-refractivity contribution in [3.8, 4) is 0 Å². The van der Waals surface area contributed by atoms with Crippen molar-refractivity contribution in [1.29, 1.82) is 0 Å². The standard InChI is InChI=1S/C16H28N6O/c1-10(2)22-12-6-7-21(8-11(12)17-15(22)23)9-13-18-14(20-19-13)16(3,4)5/h10-12H,6-9H2,1-5H3,(H,17,23)(H,18,19,20)/t11-,12+/m1/s1. The minimum absolute atomic E-state index is 0.0427. The van der Waals surface area contributed by atoms with Crippen molar-refractivity contribution in [2.45, 2.75) is 71.1 Å². The fraction of sp³-hybridized carbons (Fsp3) is 0.812. The minimum Gasteiger partial charge on any atom is -0.332 e. The Balaban J connectivity index is 1.63. The molecule has 0 aromatic carbocycles. The molecule has 2 aliphatic rings. The molecule has 1 aromatic rings. The number of rotatable bonds is 3. The van der Waals surface area contributed by atoms with Gasteiger partial charge in [0.25, 0.3) is 0 Å². The van der Waals surface area contributed by atoms with Crippen molar-refractivity contribution < 1.29 is 4.79 Å². The molecule has 128 valence electrons. The predicted octanol–water partition coefficient (Wildman–Crippen LogP) is 1.48. The molecule has 0 saturated carbocycles. The Hall–Kier alpha value is -1.63. The van der Waals surface area contributed by atoms with E-state index in [-0.39, 0.29) is 23.5 Å². The lowest BCUT2D eigenvalue weighted by molar-refractivity contribution is 0.120. The molecule has 0 unspecified atom stereocenters. The molecule has 7 nitrogen and oxygen atoms in total. The second-order valence-electron chi connectivity index (χ2n) is 8.00. The van der Waals surface area contributed by atoms with Gasteiger partial charge < -0.3 is 10.2 Å². The molecule has 23 heavy (non-hydrogen) atoms. The summed E-state index contributed by atoms with van der Waals surface area (Å²) < 4.78 is 0. The van der Waals surface area contributed by atoms with E-state index in [4.69, 9.17) is 0 Å². The summed E-state index contributed by atoms with van der Waals surface area (Å²) in [6.45, 7) is 13.1. The van der Waals surface area contributed by atoms with Gasteiger partial charge in [-0.2, -0.15) is 5.10 Å². The van der Waals surface area contributed by atoms with E-state index in [9.17, 15) is 4.79 Å². The molecule has 2 fully saturated rings. The topological polar surface area (TPSA) is 77.2 Å². The highest BCUT2D eigenvalue weighted by Crippen LogP contribution is 2.25. The van der Waals surface area contributed by atoms with Crippen molar-refractivity contribution in [1.82, 2.24) is 30.3 Å². The molecule has 2 atom stereocenters. The van der Waals surface area contributed by atoms with Crippen LogP contribution in [0.15, 0.2) is 0 Å². The van der Waals surface area contributed by atoms with Crippen LogP contribution < -0.4 is 5.32 Å². The van der Waals surface area contributed by atoms with Crippen LogP contribution in [0.25, 0.3) is 0 Å². The first-order valence-electron chi connectivity index (χ1n) is 8.48. The summed E-state index contributed by atoms with van der Waals surface area (Å²) >= 11 is 0. The second-order valence-corrected chi connectivity index (χ2v) is 8.00. The van der Waals surface area contributed by atoms with Crippen molar-refractivity contribution in [2.24, 2.45) is 0 Å². The zero-order valence-electron chi connectivity index (χ0n) is 14.8. The average molecular weight is 320 g/mol. The molecule has 0 radical (unpaired) electrons. The third-order valence-electron chi connectivity index (χ3n) is 4.69. The van der Waals surface area contributed by atoms with Gasteiger partial charge in [-0.25, -0.2) is 9.78 Å². The van der Waals surface area contributed by atoms with E-state index in [0.29, 0.717) is 6.04 Å². The number of nitrogens with zero attached hydrogens (tertiary/aromatic N) is 4. The van der Waals surface area contributed by atoms with Crippen LogP contribution in [-0.4, -0.2) is 62.2 Å². The van der Waals surface area contributed by atoms with Crippen molar-refractivity contribution >= 4 is 6.03 Å². The van der Waals surface area contributed by atoms with Gasteiger partial charge >= 0.3 is 6.03 Å². The highest BCUT2D eigenvalue weighted by atomic mass is 16.2. The van der Waals surface area contributed by atoms with Crippen molar-refractivity contribution in [2.75, 3.05) is 13.1 Å². The zero-order valence-corrected chi connectivity index (χ0v) is 14.8. The SMILES string of the molecule is CC(C)N1C(=O)N[C@@H]2CN(Cc3nc(C(C)(C)C)n[nH]3)CC[C@@H]21. The molecule has 7 heteroatoms. The lowest BCUT2D eigenvalue weighted by atomic mass is 9.96. The van der Waals surface area contributed by atoms with Crippen LogP contribution in [0, 0.1) is 0 Å². The number of piperidine rings is 1. The second kappa shape index (κ2) is 5.78. The van der Waals surface area contributed by atoms with Crippen molar-refractivity contribution in [3.05, 3.63) is 11.6 Å². The Bertz CT molecular complexity index is 575. The highest BCUT2D eigenvalue weighted by Gasteiger charge is 2.43. The minimum atomic E-state index is -0.0427. The van der Waals surface area contributed by atoms with E-state index >= 15 is 0 Å². The first kappa shape index (κ1) is 16.2. The molecule has 0 spiro atoms. The molecule has 2 amide bonds. The Morgan fingerprint density at radius 3 is 2.70 bits per heavy atom. The number of aromatic nitrogens is 3. The monoisotopic (exact) mass is 320 g/mol. The molecule has 1 aromatic heterocycles. The van der Waals surface area contributed by atoms with Crippen molar-refractivity contribution in [3.63, 3.8) is 0 Å². The molecule has 0 bridgehead atoms. The third-order valence-corrected chi connectivity index (χ3v) is 4.69. The molecule has 2 saturated heterocycles. The summed E-state index contributed by atoms with van der Waals surface area (Å²) in [6, 6.07) is 0.856. The van der Waals surface area contributed by atoms with Crippen LogP contribution in [0.1, 0.15) is 52.7 Å². The van der Waals surface area contributed by atoms with Gasteiger partial charge in [0, 0.05) is 24.5 Å². The Morgan fingerprint density at radius 1 is 1.35 bits per heavy atom. The van der Waals surface area contributed by atoms with Gasteiger partial charge in [0.2, 0.25) is 0 Å². The Morgan fingerprint density at radius 2 is 2.09 bits per heavy atom. The van der Waals surface area contributed by atoms with Gasteiger partial charge in [0.1, 0.15) is 5.82 Å².